The van der Waals surface area contributed by atoms with Gasteiger partial charge in [0, 0.05) is 21.8 Å². The zero-order valence-corrected chi connectivity index (χ0v) is 18.9. The van der Waals surface area contributed by atoms with Crippen LogP contribution in [-0.2, 0) is 17.7 Å². The predicted molar refractivity (Wildman–Crippen MR) is 117 cm³/mol. The summed E-state index contributed by atoms with van der Waals surface area (Å²) in [6, 6.07) is 5.34. The van der Waals surface area contributed by atoms with Crippen molar-refractivity contribution in [3.63, 3.8) is 0 Å². The van der Waals surface area contributed by atoms with Crippen LogP contribution in [0.4, 0.5) is 5.00 Å². The molecule has 2 heterocycles. The smallest absolute Gasteiger partial charge is 0.342 e. The molecule has 3 rings (SSSR count). The van der Waals surface area contributed by atoms with Gasteiger partial charge >= 0.3 is 5.97 Å². The van der Waals surface area contributed by atoms with E-state index < -0.39 is 5.60 Å². The third-order valence-electron chi connectivity index (χ3n) is 4.25. The predicted octanol–water partition coefficient (Wildman–Crippen LogP) is 3.34. The first-order valence-corrected chi connectivity index (χ1v) is 10.8. The number of rotatable bonds is 3. The fourth-order valence-corrected chi connectivity index (χ4v) is 4.80. The van der Waals surface area contributed by atoms with Gasteiger partial charge in [-0.15, -0.1) is 11.3 Å². The zero-order valence-electron chi connectivity index (χ0n) is 15.9. The molecule has 0 saturated carbocycles. The molecule has 7 heteroatoms. The molecule has 1 unspecified atom stereocenters. The van der Waals surface area contributed by atoms with Crippen LogP contribution in [0.15, 0.2) is 23.2 Å². The first-order valence-electron chi connectivity index (χ1n) is 8.86. The number of nitrogens with zero attached hydrogens (tertiary/aromatic N) is 1. The van der Waals surface area contributed by atoms with E-state index in [1.165, 1.54) is 9.78 Å². The lowest BCUT2D eigenvalue weighted by molar-refractivity contribution is -0.895. The highest BCUT2D eigenvalue weighted by molar-refractivity contribution is 14.1. The molecule has 2 N–H and O–H groups in total. The summed E-state index contributed by atoms with van der Waals surface area (Å²) >= 11 is 3.74. The number of hydrogen-bond donors (Lipinski definition) is 2. The van der Waals surface area contributed by atoms with E-state index in [0.717, 1.165) is 28.6 Å². The van der Waals surface area contributed by atoms with Crippen molar-refractivity contribution in [2.24, 2.45) is 4.99 Å². The third kappa shape index (κ3) is 4.89. The largest absolute Gasteiger partial charge is 0.507 e. The molecule has 2 aromatic rings. The molecule has 0 saturated heterocycles. The molecular formula is C20H24IN2O3S+. The Morgan fingerprint density at radius 3 is 2.85 bits per heavy atom. The van der Waals surface area contributed by atoms with E-state index in [1.807, 2.05) is 32.9 Å². The SMILES string of the molecule is C[NH+]1CCc2c(sc(/N=C/c3cc(I)ccc3O)c2C(=O)OC(C)(C)C)C1. The average Bonchev–Trinajstić information content (AvgIpc) is 2.91. The molecule has 1 aromatic heterocycles. The normalized spacial score (nSPS) is 17.1. The Morgan fingerprint density at radius 1 is 1.41 bits per heavy atom. The van der Waals surface area contributed by atoms with Gasteiger partial charge in [0.05, 0.1) is 18.5 Å². The van der Waals surface area contributed by atoms with Gasteiger partial charge in [0.2, 0.25) is 0 Å². The van der Waals surface area contributed by atoms with Gasteiger partial charge in [0.1, 0.15) is 28.5 Å². The molecule has 1 aromatic carbocycles. The van der Waals surface area contributed by atoms with Crippen LogP contribution in [0.3, 0.4) is 0 Å². The molecule has 0 spiro atoms. The van der Waals surface area contributed by atoms with E-state index >= 15 is 0 Å². The summed E-state index contributed by atoms with van der Waals surface area (Å²) in [7, 11) is 2.16. The Hall–Kier alpha value is -1.45. The van der Waals surface area contributed by atoms with E-state index in [1.54, 1.807) is 23.6 Å². The molecule has 0 bridgehead atoms. The average molecular weight is 499 g/mol. The first kappa shape index (κ1) is 20.3. The van der Waals surface area contributed by atoms with Crippen molar-refractivity contribution in [1.82, 2.24) is 0 Å². The van der Waals surface area contributed by atoms with Gasteiger partial charge in [0.15, 0.2) is 0 Å². The summed E-state index contributed by atoms with van der Waals surface area (Å²) in [5.74, 6) is -0.151. The van der Waals surface area contributed by atoms with E-state index in [9.17, 15) is 9.90 Å². The number of benzene rings is 1. The first-order chi connectivity index (χ1) is 12.6. The summed E-state index contributed by atoms with van der Waals surface area (Å²) in [4.78, 5) is 20.1. The monoisotopic (exact) mass is 499 g/mol. The van der Waals surface area contributed by atoms with Gasteiger partial charge in [-0.05, 0) is 67.1 Å². The number of aliphatic imine (C=N–C) groups is 1. The number of phenolic OH excluding ortho intramolecular Hbond substituents is 1. The van der Waals surface area contributed by atoms with Gasteiger partial charge in [-0.3, -0.25) is 0 Å². The summed E-state index contributed by atoms with van der Waals surface area (Å²) in [6.07, 6.45) is 2.47. The minimum absolute atomic E-state index is 0.170. The van der Waals surface area contributed by atoms with E-state index in [4.69, 9.17) is 4.74 Å². The molecule has 0 aliphatic carbocycles. The highest BCUT2D eigenvalue weighted by atomic mass is 127. The lowest BCUT2D eigenvalue weighted by atomic mass is 10.0. The van der Waals surface area contributed by atoms with E-state index in [-0.39, 0.29) is 11.7 Å². The number of quaternary nitrogens is 1. The minimum atomic E-state index is -0.558. The number of fused-ring (bicyclic) bond motifs is 1. The molecule has 1 aliphatic rings. The molecule has 0 fully saturated rings. The highest BCUT2D eigenvalue weighted by Crippen LogP contribution is 2.38. The van der Waals surface area contributed by atoms with Crippen molar-refractivity contribution < 1.29 is 19.5 Å². The number of ether oxygens (including phenoxy) is 1. The number of carbonyl (C=O) groups excluding carboxylic acids is 1. The minimum Gasteiger partial charge on any atom is -0.507 e. The van der Waals surface area contributed by atoms with Crippen LogP contribution in [0.1, 0.15) is 47.1 Å². The Kier molecular flexibility index (Phi) is 5.93. The van der Waals surface area contributed by atoms with Crippen molar-refractivity contribution in [3.8, 4) is 5.75 Å². The second kappa shape index (κ2) is 7.89. The van der Waals surface area contributed by atoms with Gasteiger partial charge in [-0.1, -0.05) is 0 Å². The maximum atomic E-state index is 12.9. The second-order valence-electron chi connectivity index (χ2n) is 7.78. The number of hydrogen-bond acceptors (Lipinski definition) is 5. The molecule has 1 atom stereocenters. The Bertz CT molecular complexity index is 899. The van der Waals surface area contributed by atoms with Crippen LogP contribution < -0.4 is 4.90 Å². The number of aromatic hydroxyl groups is 1. The molecule has 27 heavy (non-hydrogen) atoms. The van der Waals surface area contributed by atoms with Crippen LogP contribution in [-0.4, -0.2) is 36.5 Å². The number of halogens is 1. The third-order valence-corrected chi connectivity index (χ3v) is 6.06. The highest BCUT2D eigenvalue weighted by Gasteiger charge is 2.31. The van der Waals surface area contributed by atoms with Gasteiger partial charge in [0.25, 0.3) is 0 Å². The van der Waals surface area contributed by atoms with Gasteiger partial charge in [-0.2, -0.15) is 0 Å². The molecule has 1 aliphatic heterocycles. The van der Waals surface area contributed by atoms with Crippen LogP contribution in [0.5, 0.6) is 5.75 Å². The van der Waals surface area contributed by atoms with Crippen molar-refractivity contribution >= 4 is 51.1 Å². The lowest BCUT2D eigenvalue weighted by Crippen LogP contribution is -3.08. The fourth-order valence-electron chi connectivity index (χ4n) is 2.99. The second-order valence-corrected chi connectivity index (χ2v) is 10.1. The molecule has 144 valence electrons. The molecule has 0 amide bonds. The Labute approximate surface area is 177 Å². The number of thiophene rings is 1. The van der Waals surface area contributed by atoms with Gasteiger partial charge in [-0.25, -0.2) is 9.79 Å². The quantitative estimate of drug-likeness (QED) is 0.387. The van der Waals surface area contributed by atoms with Crippen molar-refractivity contribution in [1.29, 1.82) is 0 Å². The van der Waals surface area contributed by atoms with Crippen molar-refractivity contribution in [3.05, 3.63) is 43.3 Å². The van der Waals surface area contributed by atoms with Gasteiger partial charge < -0.3 is 14.7 Å². The van der Waals surface area contributed by atoms with Crippen LogP contribution in [0, 0.1) is 3.57 Å². The van der Waals surface area contributed by atoms with E-state index in [0.29, 0.717) is 16.1 Å². The maximum Gasteiger partial charge on any atom is 0.342 e. The zero-order chi connectivity index (χ0) is 19.8. The van der Waals surface area contributed by atoms with Crippen molar-refractivity contribution in [2.45, 2.75) is 39.3 Å². The number of esters is 1. The Morgan fingerprint density at radius 2 is 2.15 bits per heavy atom. The van der Waals surface area contributed by atoms with E-state index in [2.05, 4.69) is 34.6 Å². The number of nitrogens with one attached hydrogen (secondary N) is 1. The van der Waals surface area contributed by atoms with Crippen LogP contribution in [0.2, 0.25) is 0 Å². The number of likely N-dealkylation sites (N-methyl/N-ethyl adjacent to an activating group) is 1. The molecular weight excluding hydrogens is 475 g/mol. The van der Waals surface area contributed by atoms with Crippen molar-refractivity contribution in [2.75, 3.05) is 13.6 Å². The summed E-state index contributed by atoms with van der Waals surface area (Å²) in [6.45, 7) is 7.48. The molecule has 5 nitrogen and oxygen atoms in total. The lowest BCUT2D eigenvalue weighted by Gasteiger charge is -2.22. The molecule has 0 radical (unpaired) electrons. The summed E-state index contributed by atoms with van der Waals surface area (Å²) in [5, 5.41) is 10.7. The number of carbonyl (C=O) groups is 1. The summed E-state index contributed by atoms with van der Waals surface area (Å²) < 4.78 is 6.66. The standard InChI is InChI=1S/C20H23IN2O3S/c1-20(2,3)26-19(25)17-14-7-8-23(4)11-16(14)27-18(17)22-10-12-9-13(21)5-6-15(12)24/h5-6,9-10,24H,7-8,11H2,1-4H3/p+1/b22-10+. The summed E-state index contributed by atoms with van der Waals surface area (Å²) in [5.41, 5.74) is 1.72. The van der Waals surface area contributed by atoms with Crippen LogP contribution >= 0.6 is 33.9 Å². The maximum absolute atomic E-state index is 12.9. The van der Waals surface area contributed by atoms with Crippen LogP contribution in [0.25, 0.3) is 0 Å². The Balaban J connectivity index is 2.02. The number of phenols is 1. The fraction of sp³-hybridized carbons (Fsp3) is 0.400. The topological polar surface area (TPSA) is 63.3 Å².